The Bertz CT molecular complexity index is 740. The van der Waals surface area contributed by atoms with Crippen molar-refractivity contribution in [3.63, 3.8) is 0 Å². The summed E-state index contributed by atoms with van der Waals surface area (Å²) in [6.45, 7) is -0.585. The fraction of sp³-hybridized carbons (Fsp3) is 0.154. The predicted molar refractivity (Wildman–Crippen MR) is 72.1 cm³/mol. The molecule has 0 fully saturated rings. The quantitative estimate of drug-likeness (QED) is 0.832. The number of halogens is 2. The van der Waals surface area contributed by atoms with Gasteiger partial charge in [-0.2, -0.15) is 0 Å². The Kier molecular flexibility index (Phi) is 4.88. The highest BCUT2D eigenvalue weighted by molar-refractivity contribution is 7.89. The average molecular weight is 330 g/mol. The minimum absolute atomic E-state index is 0.0711. The first-order chi connectivity index (χ1) is 10.4. The number of carbonyl (C=O) groups excluding carboxylic acids is 1. The molecule has 2 rings (SSSR count). The van der Waals surface area contributed by atoms with E-state index in [0.29, 0.717) is 5.76 Å². The second-order valence-corrected chi connectivity index (χ2v) is 5.94. The van der Waals surface area contributed by atoms with Gasteiger partial charge in [-0.05, 0) is 24.3 Å². The average Bonchev–Trinajstić information content (AvgIpc) is 2.96. The van der Waals surface area contributed by atoms with E-state index in [1.807, 2.05) is 4.72 Å². The monoisotopic (exact) mass is 330 g/mol. The minimum atomic E-state index is -4.47. The summed E-state index contributed by atoms with van der Waals surface area (Å²) in [7, 11) is -4.47. The molecule has 0 spiro atoms. The van der Waals surface area contributed by atoms with Gasteiger partial charge in [0.15, 0.2) is 4.90 Å². The van der Waals surface area contributed by atoms with Gasteiger partial charge in [0.2, 0.25) is 15.9 Å². The second-order valence-electron chi connectivity index (χ2n) is 4.23. The fourth-order valence-electron chi connectivity index (χ4n) is 1.63. The molecule has 1 aromatic carbocycles. The second kappa shape index (κ2) is 6.67. The predicted octanol–water partition coefficient (Wildman–Crippen LogP) is 1.15. The van der Waals surface area contributed by atoms with E-state index in [4.69, 9.17) is 4.42 Å². The summed E-state index contributed by atoms with van der Waals surface area (Å²) in [5.41, 5.74) is 0. The maximum Gasteiger partial charge on any atom is 0.246 e. The van der Waals surface area contributed by atoms with Crippen molar-refractivity contribution in [1.82, 2.24) is 10.0 Å². The van der Waals surface area contributed by atoms with E-state index in [1.165, 1.54) is 6.26 Å². The van der Waals surface area contributed by atoms with Gasteiger partial charge in [-0.3, -0.25) is 4.79 Å². The van der Waals surface area contributed by atoms with Crippen LogP contribution >= 0.6 is 0 Å². The van der Waals surface area contributed by atoms with E-state index >= 15 is 0 Å². The molecule has 0 aliphatic rings. The molecule has 0 saturated carbocycles. The lowest BCUT2D eigenvalue weighted by atomic mass is 10.3. The fourth-order valence-corrected chi connectivity index (χ4v) is 2.75. The lowest BCUT2D eigenvalue weighted by Gasteiger charge is -2.08. The molecule has 1 amide bonds. The molecule has 1 heterocycles. The summed E-state index contributed by atoms with van der Waals surface area (Å²) >= 11 is 0. The Hall–Kier alpha value is -2.26. The van der Waals surface area contributed by atoms with Crippen LogP contribution in [0.1, 0.15) is 5.76 Å². The molecular formula is C13H12F2N2O4S. The van der Waals surface area contributed by atoms with Crippen molar-refractivity contribution in [1.29, 1.82) is 0 Å². The zero-order valence-electron chi connectivity index (χ0n) is 11.2. The summed E-state index contributed by atoms with van der Waals surface area (Å²) in [5, 5.41) is 2.39. The molecule has 2 aromatic rings. The zero-order chi connectivity index (χ0) is 16.2. The third-order valence-corrected chi connectivity index (χ3v) is 4.10. The normalized spacial score (nSPS) is 11.4. The van der Waals surface area contributed by atoms with Crippen LogP contribution in [0.4, 0.5) is 8.78 Å². The van der Waals surface area contributed by atoms with E-state index in [0.717, 1.165) is 18.2 Å². The van der Waals surface area contributed by atoms with Crippen LogP contribution in [-0.2, 0) is 21.4 Å². The van der Waals surface area contributed by atoms with Crippen molar-refractivity contribution in [2.75, 3.05) is 6.54 Å². The van der Waals surface area contributed by atoms with Gasteiger partial charge in [-0.25, -0.2) is 21.9 Å². The SMILES string of the molecule is O=C(CNS(=O)(=O)c1c(F)cccc1F)NCc1ccco1. The highest BCUT2D eigenvalue weighted by Gasteiger charge is 2.24. The molecule has 2 N–H and O–H groups in total. The molecule has 0 radical (unpaired) electrons. The number of furan rings is 1. The Morgan fingerprint density at radius 2 is 1.82 bits per heavy atom. The molecule has 1 aromatic heterocycles. The van der Waals surface area contributed by atoms with Crippen LogP contribution in [0.2, 0.25) is 0 Å². The van der Waals surface area contributed by atoms with Gasteiger partial charge in [-0.15, -0.1) is 0 Å². The lowest BCUT2D eigenvalue weighted by molar-refractivity contribution is -0.120. The molecule has 0 aliphatic heterocycles. The smallest absolute Gasteiger partial charge is 0.246 e. The first kappa shape index (κ1) is 16.1. The van der Waals surface area contributed by atoms with Crippen molar-refractivity contribution in [2.45, 2.75) is 11.4 Å². The summed E-state index contributed by atoms with van der Waals surface area (Å²) in [6, 6.07) is 5.92. The highest BCUT2D eigenvalue weighted by Crippen LogP contribution is 2.17. The maximum atomic E-state index is 13.4. The third kappa shape index (κ3) is 3.89. The molecule has 0 bridgehead atoms. The maximum absolute atomic E-state index is 13.4. The van der Waals surface area contributed by atoms with Gasteiger partial charge in [0, 0.05) is 0 Å². The molecule has 0 saturated heterocycles. The molecule has 0 atom stereocenters. The number of nitrogens with one attached hydrogen (secondary N) is 2. The number of hydrogen-bond donors (Lipinski definition) is 2. The van der Waals surface area contributed by atoms with E-state index < -0.39 is 39.0 Å². The number of benzene rings is 1. The number of hydrogen-bond acceptors (Lipinski definition) is 4. The minimum Gasteiger partial charge on any atom is -0.467 e. The van der Waals surface area contributed by atoms with Crippen LogP contribution in [0.25, 0.3) is 0 Å². The van der Waals surface area contributed by atoms with Crippen LogP contribution in [0.15, 0.2) is 45.9 Å². The van der Waals surface area contributed by atoms with Crippen LogP contribution < -0.4 is 10.0 Å². The van der Waals surface area contributed by atoms with Crippen LogP contribution in [-0.4, -0.2) is 20.9 Å². The summed E-state index contributed by atoms with van der Waals surface area (Å²) in [5.74, 6) is -2.65. The topological polar surface area (TPSA) is 88.4 Å². The summed E-state index contributed by atoms with van der Waals surface area (Å²) < 4.78 is 57.3. The van der Waals surface area contributed by atoms with Gasteiger partial charge in [0.1, 0.15) is 17.4 Å². The molecular weight excluding hydrogens is 318 g/mol. The lowest BCUT2D eigenvalue weighted by Crippen LogP contribution is -2.37. The highest BCUT2D eigenvalue weighted by atomic mass is 32.2. The molecule has 0 unspecified atom stereocenters. The Morgan fingerprint density at radius 1 is 1.14 bits per heavy atom. The number of amides is 1. The van der Waals surface area contributed by atoms with Crippen LogP contribution in [0.5, 0.6) is 0 Å². The largest absolute Gasteiger partial charge is 0.467 e. The number of sulfonamides is 1. The van der Waals surface area contributed by atoms with Crippen molar-refractivity contribution < 1.29 is 26.4 Å². The zero-order valence-corrected chi connectivity index (χ0v) is 12.0. The van der Waals surface area contributed by atoms with Crippen LogP contribution in [0.3, 0.4) is 0 Å². The first-order valence-electron chi connectivity index (χ1n) is 6.13. The molecule has 9 heteroatoms. The van der Waals surface area contributed by atoms with Gasteiger partial charge in [0.05, 0.1) is 19.4 Å². The Labute approximate surface area is 125 Å². The van der Waals surface area contributed by atoms with Crippen molar-refractivity contribution in [3.8, 4) is 0 Å². The third-order valence-electron chi connectivity index (χ3n) is 2.65. The molecule has 118 valence electrons. The van der Waals surface area contributed by atoms with E-state index in [1.54, 1.807) is 12.1 Å². The Morgan fingerprint density at radius 3 is 2.41 bits per heavy atom. The van der Waals surface area contributed by atoms with Crippen molar-refractivity contribution in [3.05, 3.63) is 54.0 Å². The van der Waals surface area contributed by atoms with Gasteiger partial charge < -0.3 is 9.73 Å². The van der Waals surface area contributed by atoms with Gasteiger partial charge in [0.25, 0.3) is 0 Å². The van der Waals surface area contributed by atoms with Crippen molar-refractivity contribution >= 4 is 15.9 Å². The first-order valence-corrected chi connectivity index (χ1v) is 7.61. The number of carbonyl (C=O) groups is 1. The molecule has 0 aliphatic carbocycles. The van der Waals surface area contributed by atoms with E-state index in [9.17, 15) is 22.0 Å². The summed E-state index contributed by atoms with van der Waals surface area (Å²) in [4.78, 5) is 10.4. The number of rotatable bonds is 6. The molecule has 22 heavy (non-hydrogen) atoms. The van der Waals surface area contributed by atoms with Gasteiger partial charge >= 0.3 is 0 Å². The van der Waals surface area contributed by atoms with E-state index in [2.05, 4.69) is 5.32 Å². The molecule has 6 nitrogen and oxygen atoms in total. The van der Waals surface area contributed by atoms with E-state index in [-0.39, 0.29) is 6.54 Å². The summed E-state index contributed by atoms with van der Waals surface area (Å²) in [6.07, 6.45) is 1.42. The van der Waals surface area contributed by atoms with Gasteiger partial charge in [-0.1, -0.05) is 6.07 Å². The van der Waals surface area contributed by atoms with Crippen LogP contribution in [0, 0.1) is 11.6 Å². The Balaban J connectivity index is 1.96. The standard InChI is InChI=1S/C13H12F2N2O4S/c14-10-4-1-5-11(15)13(10)22(19,20)17-8-12(18)16-7-9-3-2-6-21-9/h1-6,17H,7-8H2,(H,16,18). The van der Waals surface area contributed by atoms with Crippen molar-refractivity contribution in [2.24, 2.45) is 0 Å².